The molecule has 0 heterocycles. The van der Waals surface area contributed by atoms with Crippen LogP contribution >= 0.6 is 0 Å². The summed E-state index contributed by atoms with van der Waals surface area (Å²) in [6, 6.07) is 3.95. The molecule has 0 spiro atoms. The van der Waals surface area contributed by atoms with Gasteiger partial charge in [0.05, 0.1) is 12.2 Å². The first-order valence-corrected chi connectivity index (χ1v) is 6.25. The molecule has 0 aliphatic carbocycles. The topological polar surface area (TPSA) is 55.8 Å². The summed E-state index contributed by atoms with van der Waals surface area (Å²) in [4.78, 5) is 10.5. The zero-order valence-corrected chi connectivity index (χ0v) is 11.9. The highest BCUT2D eigenvalue weighted by atomic mass is 19.1. The Morgan fingerprint density at radius 2 is 2.05 bits per heavy atom. The highest BCUT2D eigenvalue weighted by Crippen LogP contribution is 2.21. The van der Waals surface area contributed by atoms with Crippen LogP contribution in [0.25, 0.3) is 6.08 Å². The Morgan fingerprint density at radius 3 is 2.65 bits per heavy atom. The van der Waals surface area contributed by atoms with Gasteiger partial charge in [0, 0.05) is 11.6 Å². The molecule has 1 aromatic carbocycles. The van der Waals surface area contributed by atoms with Gasteiger partial charge in [0.1, 0.15) is 18.2 Å². The van der Waals surface area contributed by atoms with Crippen molar-refractivity contribution in [2.45, 2.75) is 26.4 Å². The Hall–Kier alpha value is -1.88. The molecule has 1 aromatic rings. The van der Waals surface area contributed by atoms with E-state index < -0.39 is 11.8 Å². The van der Waals surface area contributed by atoms with Crippen molar-refractivity contribution in [1.29, 1.82) is 0 Å². The van der Waals surface area contributed by atoms with Crippen LogP contribution < -0.4 is 4.74 Å². The Kier molecular flexibility index (Phi) is 5.70. The highest BCUT2D eigenvalue weighted by molar-refractivity contribution is 5.85. The van der Waals surface area contributed by atoms with E-state index in [1.165, 1.54) is 24.3 Å². The van der Waals surface area contributed by atoms with Crippen LogP contribution in [0.3, 0.4) is 0 Å². The summed E-state index contributed by atoms with van der Waals surface area (Å²) in [5, 5.41) is 8.60. The third kappa shape index (κ3) is 6.33. The maximum atomic E-state index is 13.2. The van der Waals surface area contributed by atoms with Gasteiger partial charge in [-0.25, -0.2) is 9.18 Å². The van der Waals surface area contributed by atoms with Crippen molar-refractivity contribution in [3.63, 3.8) is 0 Å². The number of carboxylic acids is 1. The van der Waals surface area contributed by atoms with Crippen molar-refractivity contribution < 1.29 is 23.8 Å². The number of aliphatic carboxylic acids is 1. The number of halogens is 1. The van der Waals surface area contributed by atoms with Crippen molar-refractivity contribution in [3.8, 4) is 5.75 Å². The lowest BCUT2D eigenvalue weighted by atomic mass is 10.2. The van der Waals surface area contributed by atoms with Gasteiger partial charge in [-0.1, -0.05) is 0 Å². The van der Waals surface area contributed by atoms with Gasteiger partial charge < -0.3 is 14.6 Å². The van der Waals surface area contributed by atoms with E-state index in [0.29, 0.717) is 24.5 Å². The first-order chi connectivity index (χ1) is 9.28. The van der Waals surface area contributed by atoms with Crippen LogP contribution in [-0.2, 0) is 9.53 Å². The number of hydrogen-bond donors (Lipinski definition) is 1. The summed E-state index contributed by atoms with van der Waals surface area (Å²) in [5.74, 6) is -1.13. The van der Waals surface area contributed by atoms with Gasteiger partial charge in [0.25, 0.3) is 0 Å². The van der Waals surface area contributed by atoms with Crippen LogP contribution in [0.4, 0.5) is 4.39 Å². The Morgan fingerprint density at radius 1 is 1.35 bits per heavy atom. The SMILES string of the molecule is CC(C)(C)OCCOc1ccc(F)cc1/C=C/C(=O)O. The molecule has 0 bridgehead atoms. The minimum absolute atomic E-state index is 0.252. The van der Waals surface area contributed by atoms with Gasteiger partial charge in [-0.2, -0.15) is 0 Å². The Balaban J connectivity index is 2.67. The first kappa shape index (κ1) is 16.2. The molecule has 0 saturated heterocycles. The van der Waals surface area contributed by atoms with E-state index in [2.05, 4.69) is 0 Å². The van der Waals surface area contributed by atoms with Gasteiger partial charge in [-0.3, -0.25) is 0 Å². The molecular formula is C15H19FO4. The second-order valence-corrected chi connectivity index (χ2v) is 5.16. The van der Waals surface area contributed by atoms with E-state index in [9.17, 15) is 9.18 Å². The summed E-state index contributed by atoms with van der Waals surface area (Å²) < 4.78 is 24.1. The molecule has 0 amide bonds. The van der Waals surface area contributed by atoms with Gasteiger partial charge in [-0.05, 0) is 45.0 Å². The van der Waals surface area contributed by atoms with E-state index in [-0.39, 0.29) is 5.60 Å². The molecular weight excluding hydrogens is 263 g/mol. The molecule has 0 radical (unpaired) electrons. The summed E-state index contributed by atoms with van der Waals surface area (Å²) in [6.45, 7) is 6.50. The Labute approximate surface area is 117 Å². The fraction of sp³-hybridized carbons (Fsp3) is 0.400. The fourth-order valence-electron chi connectivity index (χ4n) is 1.44. The van der Waals surface area contributed by atoms with Crippen LogP contribution in [0.1, 0.15) is 26.3 Å². The summed E-state index contributed by atoms with van der Waals surface area (Å²) in [6.07, 6.45) is 2.23. The molecule has 20 heavy (non-hydrogen) atoms. The zero-order valence-electron chi connectivity index (χ0n) is 11.9. The number of rotatable bonds is 6. The standard InChI is InChI=1S/C15H19FO4/c1-15(2,3)20-9-8-19-13-6-5-12(16)10-11(13)4-7-14(17)18/h4-7,10H,8-9H2,1-3H3,(H,17,18)/b7-4+. The second kappa shape index (κ2) is 7.05. The molecule has 0 saturated carbocycles. The minimum Gasteiger partial charge on any atom is -0.491 e. The number of carboxylic acid groups (broad SMARTS) is 1. The molecule has 5 heteroatoms. The lowest BCUT2D eigenvalue weighted by Crippen LogP contribution is -2.22. The van der Waals surface area contributed by atoms with Crippen LogP contribution in [0.15, 0.2) is 24.3 Å². The predicted molar refractivity (Wildman–Crippen MR) is 74.3 cm³/mol. The molecule has 0 aliphatic heterocycles. The van der Waals surface area contributed by atoms with E-state index >= 15 is 0 Å². The number of carbonyl (C=O) groups is 1. The second-order valence-electron chi connectivity index (χ2n) is 5.16. The van der Waals surface area contributed by atoms with E-state index in [0.717, 1.165) is 6.08 Å². The quantitative estimate of drug-likeness (QED) is 0.643. The number of hydrogen-bond acceptors (Lipinski definition) is 3. The van der Waals surface area contributed by atoms with Crippen molar-refractivity contribution in [2.24, 2.45) is 0 Å². The third-order valence-electron chi connectivity index (χ3n) is 2.25. The molecule has 110 valence electrons. The third-order valence-corrected chi connectivity index (χ3v) is 2.25. The lowest BCUT2D eigenvalue weighted by Gasteiger charge is -2.19. The summed E-state index contributed by atoms with van der Waals surface area (Å²) >= 11 is 0. The van der Waals surface area contributed by atoms with Gasteiger partial charge >= 0.3 is 5.97 Å². The molecule has 1 N–H and O–H groups in total. The fourth-order valence-corrected chi connectivity index (χ4v) is 1.44. The monoisotopic (exact) mass is 282 g/mol. The number of benzene rings is 1. The summed E-state index contributed by atoms with van der Waals surface area (Å²) in [7, 11) is 0. The smallest absolute Gasteiger partial charge is 0.328 e. The van der Waals surface area contributed by atoms with Crippen molar-refractivity contribution in [1.82, 2.24) is 0 Å². The molecule has 0 unspecified atom stereocenters. The van der Waals surface area contributed by atoms with Gasteiger partial charge in [-0.15, -0.1) is 0 Å². The van der Waals surface area contributed by atoms with E-state index in [1.54, 1.807) is 0 Å². The van der Waals surface area contributed by atoms with E-state index in [4.69, 9.17) is 14.6 Å². The average Bonchev–Trinajstić information content (AvgIpc) is 2.32. The first-order valence-electron chi connectivity index (χ1n) is 6.25. The normalized spacial score (nSPS) is 11.8. The van der Waals surface area contributed by atoms with Crippen LogP contribution in [0.5, 0.6) is 5.75 Å². The average molecular weight is 282 g/mol. The van der Waals surface area contributed by atoms with Gasteiger partial charge in [0.2, 0.25) is 0 Å². The van der Waals surface area contributed by atoms with Crippen molar-refractivity contribution >= 4 is 12.0 Å². The van der Waals surface area contributed by atoms with Crippen LogP contribution in [0.2, 0.25) is 0 Å². The molecule has 0 aliphatic rings. The molecule has 4 nitrogen and oxygen atoms in total. The van der Waals surface area contributed by atoms with Crippen molar-refractivity contribution in [2.75, 3.05) is 13.2 Å². The minimum atomic E-state index is -1.10. The number of ether oxygens (including phenoxy) is 2. The maximum absolute atomic E-state index is 13.2. The van der Waals surface area contributed by atoms with E-state index in [1.807, 2.05) is 20.8 Å². The Bertz CT molecular complexity index is 489. The largest absolute Gasteiger partial charge is 0.491 e. The van der Waals surface area contributed by atoms with Crippen LogP contribution in [-0.4, -0.2) is 29.9 Å². The zero-order chi connectivity index (χ0) is 15.2. The summed E-state index contributed by atoms with van der Waals surface area (Å²) in [5.41, 5.74) is 0.126. The van der Waals surface area contributed by atoms with Gasteiger partial charge in [0.15, 0.2) is 0 Å². The molecule has 0 fully saturated rings. The predicted octanol–water partition coefficient (Wildman–Crippen LogP) is 3.12. The highest BCUT2D eigenvalue weighted by Gasteiger charge is 2.10. The molecule has 1 rings (SSSR count). The van der Waals surface area contributed by atoms with Crippen molar-refractivity contribution in [3.05, 3.63) is 35.7 Å². The lowest BCUT2D eigenvalue weighted by molar-refractivity contribution is -0.131. The molecule has 0 atom stereocenters. The maximum Gasteiger partial charge on any atom is 0.328 e. The molecule has 0 aromatic heterocycles. The van der Waals surface area contributed by atoms with Crippen LogP contribution in [0, 0.1) is 5.82 Å².